The Labute approximate surface area is 109 Å². The Balaban J connectivity index is 1.93. The van der Waals surface area contributed by atoms with Crippen molar-refractivity contribution in [1.82, 2.24) is 10.2 Å². The molecule has 0 spiro atoms. The molecular weight excluding hydrogens is 228 g/mol. The maximum atomic E-state index is 3.62. The number of rotatable bonds is 4. The molecule has 1 aromatic rings. The molecule has 2 heterocycles. The van der Waals surface area contributed by atoms with Crippen molar-refractivity contribution in [2.24, 2.45) is 5.92 Å². The minimum Gasteiger partial charge on any atom is -0.314 e. The van der Waals surface area contributed by atoms with Gasteiger partial charge in [0.1, 0.15) is 0 Å². The van der Waals surface area contributed by atoms with E-state index in [-0.39, 0.29) is 0 Å². The smallest absolute Gasteiger partial charge is 0.0330 e. The van der Waals surface area contributed by atoms with E-state index in [4.69, 9.17) is 0 Å². The normalized spacial score (nSPS) is 30.6. The molecule has 0 aromatic carbocycles. The Morgan fingerprint density at radius 2 is 2.29 bits per heavy atom. The molecule has 3 heteroatoms. The summed E-state index contributed by atoms with van der Waals surface area (Å²) in [7, 11) is 0. The molecule has 0 amide bonds. The molecule has 2 rings (SSSR count). The van der Waals surface area contributed by atoms with Gasteiger partial charge in [-0.1, -0.05) is 19.9 Å². The fraction of sp³-hybridized carbons (Fsp3) is 0.714. The zero-order chi connectivity index (χ0) is 12.3. The van der Waals surface area contributed by atoms with Gasteiger partial charge in [0.25, 0.3) is 0 Å². The van der Waals surface area contributed by atoms with Crippen molar-refractivity contribution >= 4 is 11.3 Å². The van der Waals surface area contributed by atoms with Gasteiger partial charge in [-0.15, -0.1) is 11.3 Å². The Morgan fingerprint density at radius 3 is 2.94 bits per heavy atom. The Hall–Kier alpha value is -0.380. The van der Waals surface area contributed by atoms with Crippen LogP contribution in [0.4, 0.5) is 0 Å². The van der Waals surface area contributed by atoms with Gasteiger partial charge >= 0.3 is 0 Å². The summed E-state index contributed by atoms with van der Waals surface area (Å²) in [6, 6.07) is 5.78. The summed E-state index contributed by atoms with van der Waals surface area (Å²) >= 11 is 1.87. The summed E-state index contributed by atoms with van der Waals surface area (Å²) in [5, 5.41) is 5.80. The first-order chi connectivity index (χ1) is 8.22. The van der Waals surface area contributed by atoms with E-state index in [0.717, 1.165) is 19.0 Å². The van der Waals surface area contributed by atoms with Crippen LogP contribution in [0, 0.1) is 5.92 Å². The fourth-order valence-corrected chi connectivity index (χ4v) is 3.55. The zero-order valence-electron chi connectivity index (χ0n) is 11.1. The molecule has 17 heavy (non-hydrogen) atoms. The van der Waals surface area contributed by atoms with E-state index < -0.39 is 0 Å². The van der Waals surface area contributed by atoms with Gasteiger partial charge in [0.15, 0.2) is 0 Å². The number of nitrogens with one attached hydrogen (secondary N) is 1. The molecule has 2 nitrogen and oxygen atoms in total. The number of nitrogens with zero attached hydrogens (tertiary/aromatic N) is 1. The van der Waals surface area contributed by atoms with Gasteiger partial charge in [-0.05, 0) is 37.3 Å². The number of thiophene rings is 1. The van der Waals surface area contributed by atoms with Crippen LogP contribution in [0.5, 0.6) is 0 Å². The molecule has 96 valence electrons. The molecule has 0 radical (unpaired) electrons. The van der Waals surface area contributed by atoms with Crippen LogP contribution in [0.2, 0.25) is 0 Å². The lowest BCUT2D eigenvalue weighted by Crippen LogP contribution is -2.52. The topological polar surface area (TPSA) is 15.3 Å². The number of piperidine rings is 1. The Bertz CT molecular complexity index is 323. The van der Waals surface area contributed by atoms with Crippen LogP contribution in [0.3, 0.4) is 0 Å². The van der Waals surface area contributed by atoms with Gasteiger partial charge < -0.3 is 5.32 Å². The maximum Gasteiger partial charge on any atom is 0.0330 e. The van der Waals surface area contributed by atoms with Crippen LogP contribution < -0.4 is 5.32 Å². The van der Waals surface area contributed by atoms with Crippen LogP contribution in [-0.4, -0.2) is 30.1 Å². The third kappa shape index (κ3) is 3.09. The second-order valence-corrected chi connectivity index (χ2v) is 6.13. The highest BCUT2D eigenvalue weighted by molar-refractivity contribution is 7.09. The van der Waals surface area contributed by atoms with Gasteiger partial charge in [0.05, 0.1) is 0 Å². The molecule has 0 bridgehead atoms. The summed E-state index contributed by atoms with van der Waals surface area (Å²) in [5.41, 5.74) is 0. The van der Waals surface area contributed by atoms with E-state index in [0.29, 0.717) is 12.1 Å². The van der Waals surface area contributed by atoms with Crippen LogP contribution >= 0.6 is 11.3 Å². The van der Waals surface area contributed by atoms with Crippen molar-refractivity contribution in [3.05, 3.63) is 22.4 Å². The van der Waals surface area contributed by atoms with Gasteiger partial charge in [0.2, 0.25) is 0 Å². The van der Waals surface area contributed by atoms with Crippen molar-refractivity contribution in [3.8, 4) is 0 Å². The number of hydrogen-bond acceptors (Lipinski definition) is 3. The first-order valence-corrected chi connectivity index (χ1v) is 7.60. The monoisotopic (exact) mass is 252 g/mol. The van der Waals surface area contributed by atoms with Gasteiger partial charge in [-0.25, -0.2) is 0 Å². The van der Waals surface area contributed by atoms with Crippen molar-refractivity contribution in [1.29, 1.82) is 0 Å². The molecular formula is C14H24N2S. The van der Waals surface area contributed by atoms with E-state index in [1.165, 1.54) is 17.8 Å². The summed E-state index contributed by atoms with van der Waals surface area (Å²) in [5.74, 6) is 0.740. The van der Waals surface area contributed by atoms with E-state index in [1.54, 1.807) is 0 Å². The summed E-state index contributed by atoms with van der Waals surface area (Å²) < 4.78 is 0. The van der Waals surface area contributed by atoms with Crippen molar-refractivity contribution < 1.29 is 0 Å². The fourth-order valence-electron chi connectivity index (χ4n) is 2.82. The molecule has 1 saturated heterocycles. The number of likely N-dealkylation sites (tertiary alicyclic amines) is 1. The van der Waals surface area contributed by atoms with Crippen molar-refractivity contribution in [2.75, 3.05) is 13.1 Å². The van der Waals surface area contributed by atoms with E-state index in [2.05, 4.69) is 48.5 Å². The maximum absolute atomic E-state index is 3.62. The van der Waals surface area contributed by atoms with Gasteiger partial charge in [-0.2, -0.15) is 0 Å². The number of hydrogen-bond donors (Lipinski definition) is 1. The molecule has 1 aromatic heterocycles. The van der Waals surface area contributed by atoms with E-state index >= 15 is 0 Å². The quantitative estimate of drug-likeness (QED) is 0.886. The third-order valence-electron chi connectivity index (χ3n) is 4.10. The summed E-state index contributed by atoms with van der Waals surface area (Å²) in [6.07, 6.45) is 1.28. The minimum atomic E-state index is 0.676. The Kier molecular flexibility index (Phi) is 4.60. The standard InChI is InChI=1S/C14H24N2S/c1-4-15-14-7-8-16(12(3)11(14)2)10-13-6-5-9-17-13/h5-6,9,11-12,14-15H,4,7-8,10H2,1-3H3. The van der Waals surface area contributed by atoms with Crippen LogP contribution in [0.15, 0.2) is 17.5 Å². The molecule has 1 fully saturated rings. The largest absolute Gasteiger partial charge is 0.314 e. The van der Waals surface area contributed by atoms with Crippen LogP contribution in [0.1, 0.15) is 32.1 Å². The molecule has 0 aliphatic carbocycles. The Morgan fingerprint density at radius 1 is 1.47 bits per heavy atom. The second-order valence-electron chi connectivity index (χ2n) is 5.10. The highest BCUT2D eigenvalue weighted by Gasteiger charge is 2.31. The predicted octanol–water partition coefficient (Wildman–Crippen LogP) is 2.96. The van der Waals surface area contributed by atoms with Gasteiger partial charge in [0, 0.05) is 30.1 Å². The summed E-state index contributed by atoms with van der Waals surface area (Å²) in [6.45, 7) is 10.4. The van der Waals surface area contributed by atoms with E-state index in [9.17, 15) is 0 Å². The predicted molar refractivity (Wildman–Crippen MR) is 75.4 cm³/mol. The molecule has 3 unspecified atom stereocenters. The highest BCUT2D eigenvalue weighted by atomic mass is 32.1. The lowest BCUT2D eigenvalue weighted by atomic mass is 9.87. The van der Waals surface area contributed by atoms with Crippen LogP contribution in [0.25, 0.3) is 0 Å². The van der Waals surface area contributed by atoms with Crippen molar-refractivity contribution in [2.45, 2.75) is 45.8 Å². The molecule has 1 aliphatic rings. The average molecular weight is 252 g/mol. The molecule has 1 aliphatic heterocycles. The van der Waals surface area contributed by atoms with Gasteiger partial charge in [-0.3, -0.25) is 4.90 Å². The first-order valence-electron chi connectivity index (χ1n) is 6.72. The summed E-state index contributed by atoms with van der Waals surface area (Å²) in [4.78, 5) is 4.12. The lowest BCUT2D eigenvalue weighted by molar-refractivity contribution is 0.0799. The SMILES string of the molecule is CCNC1CCN(Cc2cccs2)C(C)C1C. The second kappa shape index (κ2) is 5.98. The first kappa shape index (κ1) is 13.1. The highest BCUT2D eigenvalue weighted by Crippen LogP contribution is 2.26. The minimum absolute atomic E-state index is 0.676. The molecule has 3 atom stereocenters. The molecule has 1 N–H and O–H groups in total. The third-order valence-corrected chi connectivity index (χ3v) is 4.97. The van der Waals surface area contributed by atoms with E-state index in [1.807, 2.05) is 11.3 Å². The average Bonchev–Trinajstić information content (AvgIpc) is 2.82. The zero-order valence-corrected chi connectivity index (χ0v) is 12.0. The lowest BCUT2D eigenvalue weighted by Gasteiger charge is -2.42. The van der Waals surface area contributed by atoms with Crippen molar-refractivity contribution in [3.63, 3.8) is 0 Å². The van der Waals surface area contributed by atoms with Crippen LogP contribution in [-0.2, 0) is 6.54 Å². The molecule has 0 saturated carbocycles.